The highest BCUT2D eigenvalue weighted by atomic mass is 16.6. The van der Waals surface area contributed by atoms with Gasteiger partial charge in [0.15, 0.2) is 5.78 Å². The maximum absolute atomic E-state index is 12.1. The summed E-state index contributed by atoms with van der Waals surface area (Å²) in [7, 11) is 1.76. The van der Waals surface area contributed by atoms with Crippen LogP contribution >= 0.6 is 0 Å². The second-order valence-corrected chi connectivity index (χ2v) is 7.24. The number of amides is 1. The SMILES string of the molecule is CN[C@@]1(C(C)=O)CCN(C(=O)OCCCCCCCC(C)C(C)=O)C1. The largest absolute Gasteiger partial charge is 0.449 e. The van der Waals surface area contributed by atoms with E-state index < -0.39 is 5.54 Å². The molecule has 0 spiro atoms. The van der Waals surface area contributed by atoms with Crippen molar-refractivity contribution in [1.29, 1.82) is 0 Å². The van der Waals surface area contributed by atoms with Crippen molar-refractivity contribution < 1.29 is 19.1 Å². The van der Waals surface area contributed by atoms with E-state index in [4.69, 9.17) is 4.74 Å². The third kappa shape index (κ3) is 6.77. The van der Waals surface area contributed by atoms with Gasteiger partial charge in [0, 0.05) is 19.0 Å². The van der Waals surface area contributed by atoms with Crippen LogP contribution in [0.2, 0.25) is 0 Å². The number of ketones is 2. The van der Waals surface area contributed by atoms with E-state index in [9.17, 15) is 14.4 Å². The van der Waals surface area contributed by atoms with Gasteiger partial charge in [-0.15, -0.1) is 0 Å². The van der Waals surface area contributed by atoms with Crippen molar-refractivity contribution >= 4 is 17.7 Å². The number of likely N-dealkylation sites (tertiary alicyclic amines) is 1. The maximum atomic E-state index is 12.1. The third-order valence-corrected chi connectivity index (χ3v) is 5.38. The Labute approximate surface area is 151 Å². The van der Waals surface area contributed by atoms with Gasteiger partial charge in [0.2, 0.25) is 0 Å². The lowest BCUT2D eigenvalue weighted by molar-refractivity contribution is -0.122. The zero-order chi connectivity index (χ0) is 18.9. The molecule has 0 aliphatic carbocycles. The molecule has 1 heterocycles. The van der Waals surface area contributed by atoms with Gasteiger partial charge >= 0.3 is 6.09 Å². The number of likely N-dealkylation sites (N-methyl/N-ethyl adjacent to an activating group) is 1. The van der Waals surface area contributed by atoms with Gasteiger partial charge in [-0.05, 0) is 40.2 Å². The predicted octanol–water partition coefficient (Wildman–Crippen LogP) is 2.94. The lowest BCUT2D eigenvalue weighted by Crippen LogP contribution is -2.51. The van der Waals surface area contributed by atoms with Gasteiger partial charge in [-0.25, -0.2) is 4.79 Å². The highest BCUT2D eigenvalue weighted by molar-refractivity contribution is 5.87. The Kier molecular flexibility index (Phi) is 9.11. The van der Waals surface area contributed by atoms with E-state index in [1.807, 2.05) is 6.92 Å². The summed E-state index contributed by atoms with van der Waals surface area (Å²) < 4.78 is 5.32. The molecule has 1 saturated heterocycles. The van der Waals surface area contributed by atoms with E-state index in [0.29, 0.717) is 26.1 Å². The van der Waals surface area contributed by atoms with E-state index in [1.165, 1.54) is 0 Å². The van der Waals surface area contributed by atoms with E-state index in [2.05, 4.69) is 5.32 Å². The van der Waals surface area contributed by atoms with Crippen LogP contribution < -0.4 is 5.32 Å². The van der Waals surface area contributed by atoms with Crippen LogP contribution in [0.1, 0.15) is 65.7 Å². The van der Waals surface area contributed by atoms with Crippen molar-refractivity contribution in [3.63, 3.8) is 0 Å². The van der Waals surface area contributed by atoms with E-state index in [0.717, 1.165) is 38.5 Å². The number of unbranched alkanes of at least 4 members (excludes halogenated alkanes) is 4. The zero-order valence-electron chi connectivity index (χ0n) is 16.2. The van der Waals surface area contributed by atoms with Gasteiger partial charge in [0.05, 0.1) is 12.1 Å². The maximum Gasteiger partial charge on any atom is 0.409 e. The summed E-state index contributed by atoms with van der Waals surface area (Å²) in [6, 6.07) is 0. The molecule has 0 bridgehead atoms. The number of ether oxygens (including phenoxy) is 1. The number of carbonyl (C=O) groups excluding carboxylic acids is 3. The molecule has 1 aliphatic rings. The zero-order valence-corrected chi connectivity index (χ0v) is 16.2. The van der Waals surface area contributed by atoms with E-state index in [1.54, 1.807) is 25.8 Å². The molecule has 0 aromatic rings. The fourth-order valence-electron chi connectivity index (χ4n) is 3.17. The summed E-state index contributed by atoms with van der Waals surface area (Å²) in [6.07, 6.45) is 6.43. The molecule has 144 valence electrons. The molecule has 1 amide bonds. The van der Waals surface area contributed by atoms with Crippen LogP contribution in [0.3, 0.4) is 0 Å². The first-order valence-electron chi connectivity index (χ1n) is 9.44. The standard InChI is InChI=1S/C19H34N2O4/c1-15(16(2)22)10-8-6-5-7-9-13-25-18(24)21-12-11-19(14-21,20-4)17(3)23/h15,20H,5-14H2,1-4H3/t15?,19-/m0/s1. The Morgan fingerprint density at radius 3 is 2.32 bits per heavy atom. The fourth-order valence-corrected chi connectivity index (χ4v) is 3.17. The fraction of sp³-hybridized carbons (Fsp3) is 0.842. The number of rotatable bonds is 11. The summed E-state index contributed by atoms with van der Waals surface area (Å²) in [4.78, 5) is 36.6. The molecule has 6 nitrogen and oxygen atoms in total. The molecule has 25 heavy (non-hydrogen) atoms. The van der Waals surface area contributed by atoms with Gasteiger partial charge in [-0.1, -0.05) is 32.6 Å². The van der Waals surface area contributed by atoms with Crippen molar-refractivity contribution in [2.45, 2.75) is 71.3 Å². The van der Waals surface area contributed by atoms with Crippen LogP contribution in [0.25, 0.3) is 0 Å². The van der Waals surface area contributed by atoms with Crippen LogP contribution in [0.15, 0.2) is 0 Å². The van der Waals surface area contributed by atoms with Crippen LogP contribution in [-0.2, 0) is 14.3 Å². The molecule has 0 aromatic heterocycles. The molecule has 0 aromatic carbocycles. The molecular weight excluding hydrogens is 320 g/mol. The number of hydrogen-bond acceptors (Lipinski definition) is 5. The highest BCUT2D eigenvalue weighted by Gasteiger charge is 2.43. The summed E-state index contributed by atoms with van der Waals surface area (Å²) in [5.74, 6) is 0.492. The lowest BCUT2D eigenvalue weighted by Gasteiger charge is -2.25. The second-order valence-electron chi connectivity index (χ2n) is 7.24. The Hall–Kier alpha value is -1.43. The molecule has 1 N–H and O–H groups in total. The first-order chi connectivity index (χ1) is 11.8. The quantitative estimate of drug-likeness (QED) is 0.577. The molecule has 1 fully saturated rings. The summed E-state index contributed by atoms with van der Waals surface area (Å²) >= 11 is 0. The molecule has 6 heteroatoms. The smallest absolute Gasteiger partial charge is 0.409 e. The van der Waals surface area contributed by atoms with Crippen LogP contribution in [0.5, 0.6) is 0 Å². The first-order valence-corrected chi connectivity index (χ1v) is 9.44. The number of nitrogens with zero attached hydrogens (tertiary/aromatic N) is 1. The Balaban J connectivity index is 2.10. The lowest BCUT2D eigenvalue weighted by atomic mass is 9.94. The summed E-state index contributed by atoms with van der Waals surface area (Å²) in [5.41, 5.74) is -0.615. The minimum atomic E-state index is -0.615. The Morgan fingerprint density at radius 1 is 1.12 bits per heavy atom. The number of hydrogen-bond donors (Lipinski definition) is 1. The van der Waals surface area contributed by atoms with E-state index >= 15 is 0 Å². The van der Waals surface area contributed by atoms with Crippen molar-refractivity contribution in [3.8, 4) is 0 Å². The number of carbonyl (C=O) groups is 3. The van der Waals surface area contributed by atoms with Crippen molar-refractivity contribution in [1.82, 2.24) is 10.2 Å². The van der Waals surface area contributed by atoms with E-state index in [-0.39, 0.29) is 23.6 Å². The van der Waals surface area contributed by atoms with Crippen molar-refractivity contribution in [2.24, 2.45) is 5.92 Å². The van der Waals surface area contributed by atoms with Gasteiger partial charge in [0.25, 0.3) is 0 Å². The average molecular weight is 354 g/mol. The minimum absolute atomic E-state index is 0.0596. The topological polar surface area (TPSA) is 75.7 Å². The molecular formula is C19H34N2O4. The van der Waals surface area contributed by atoms with Gasteiger partial charge in [-0.2, -0.15) is 0 Å². The van der Waals surface area contributed by atoms with Crippen molar-refractivity contribution in [2.75, 3.05) is 26.7 Å². The summed E-state index contributed by atoms with van der Waals surface area (Å²) in [5, 5.41) is 3.05. The first kappa shape index (κ1) is 21.6. The van der Waals surface area contributed by atoms with Crippen LogP contribution in [0, 0.1) is 5.92 Å². The normalized spacial score (nSPS) is 21.2. The minimum Gasteiger partial charge on any atom is -0.449 e. The molecule has 1 aliphatic heterocycles. The van der Waals surface area contributed by atoms with Crippen molar-refractivity contribution in [3.05, 3.63) is 0 Å². The molecule has 1 rings (SSSR count). The van der Waals surface area contributed by atoms with Gasteiger partial charge in [-0.3, -0.25) is 9.59 Å². The molecule has 2 atom stereocenters. The second kappa shape index (κ2) is 10.5. The molecule has 0 radical (unpaired) electrons. The number of nitrogens with one attached hydrogen (secondary N) is 1. The average Bonchev–Trinajstić information content (AvgIpc) is 3.02. The molecule has 0 saturated carbocycles. The predicted molar refractivity (Wildman–Crippen MR) is 97.6 cm³/mol. The van der Waals surface area contributed by atoms with Crippen LogP contribution in [-0.4, -0.2) is 54.8 Å². The number of Topliss-reactive ketones (excluding diaryl/α,β-unsaturated/α-hetero) is 2. The van der Waals surface area contributed by atoms with Crippen LogP contribution in [0.4, 0.5) is 4.79 Å². The Morgan fingerprint density at radius 2 is 1.76 bits per heavy atom. The monoisotopic (exact) mass is 354 g/mol. The third-order valence-electron chi connectivity index (χ3n) is 5.38. The summed E-state index contributed by atoms with van der Waals surface area (Å²) in [6.45, 7) is 6.54. The Bertz CT molecular complexity index is 466. The highest BCUT2D eigenvalue weighted by Crippen LogP contribution is 2.22. The van der Waals surface area contributed by atoms with Gasteiger partial charge < -0.3 is 15.0 Å². The van der Waals surface area contributed by atoms with Gasteiger partial charge in [0.1, 0.15) is 5.78 Å². The molecule has 1 unspecified atom stereocenters.